The van der Waals surface area contributed by atoms with Crippen molar-refractivity contribution in [2.75, 3.05) is 0 Å². The Kier molecular flexibility index (Phi) is 4.75. The van der Waals surface area contributed by atoms with Gasteiger partial charge in [-0.25, -0.2) is 22.0 Å². The third-order valence-electron chi connectivity index (χ3n) is 4.19. The molecular weight excluding hydrogens is 335 g/mol. The van der Waals surface area contributed by atoms with E-state index in [0.29, 0.717) is 6.07 Å². The van der Waals surface area contributed by atoms with Crippen LogP contribution in [-0.4, -0.2) is 0 Å². The smallest absolute Gasteiger partial charge is 0.195 e. The molecule has 0 radical (unpaired) electrons. The summed E-state index contributed by atoms with van der Waals surface area (Å²) < 4.78 is 69.1. The molecule has 0 aliphatic heterocycles. The van der Waals surface area contributed by atoms with E-state index < -0.39 is 34.5 Å². The minimum Gasteiger partial charge on any atom is -0.206 e. The molecule has 3 aromatic rings. The van der Waals surface area contributed by atoms with Gasteiger partial charge in [-0.05, 0) is 53.6 Å². The number of unbranched alkanes of at least 4 members (excludes halogenated alkanes) is 1. The van der Waals surface area contributed by atoms with Crippen LogP contribution in [0.15, 0.2) is 36.4 Å². The Morgan fingerprint density at radius 2 is 1.52 bits per heavy atom. The van der Waals surface area contributed by atoms with E-state index in [2.05, 4.69) is 0 Å². The normalized spacial score (nSPS) is 11.3. The Morgan fingerprint density at radius 3 is 2.20 bits per heavy atom. The number of aryl methyl sites for hydroxylation is 1. The average Bonchev–Trinajstić information content (AvgIpc) is 2.57. The van der Waals surface area contributed by atoms with Gasteiger partial charge in [-0.3, -0.25) is 0 Å². The molecule has 5 heteroatoms. The van der Waals surface area contributed by atoms with Crippen molar-refractivity contribution in [3.05, 3.63) is 71.0 Å². The second-order valence-corrected chi connectivity index (χ2v) is 5.96. The molecule has 0 unspecified atom stereocenters. The largest absolute Gasteiger partial charge is 0.206 e. The van der Waals surface area contributed by atoms with Crippen LogP contribution in [-0.2, 0) is 6.42 Å². The van der Waals surface area contributed by atoms with Crippen molar-refractivity contribution in [1.29, 1.82) is 0 Å². The van der Waals surface area contributed by atoms with Crippen LogP contribution in [0.5, 0.6) is 0 Å². The molecule has 0 fully saturated rings. The number of hydrogen-bond donors (Lipinski definition) is 0. The number of hydrogen-bond acceptors (Lipinski definition) is 0. The summed E-state index contributed by atoms with van der Waals surface area (Å²) in [5, 5.41) is -0.816. The molecular formula is C20H15F5. The lowest BCUT2D eigenvalue weighted by Crippen LogP contribution is -1.96. The number of rotatable bonds is 4. The molecule has 0 saturated carbocycles. The Hall–Kier alpha value is -2.43. The van der Waals surface area contributed by atoms with Crippen LogP contribution in [0.25, 0.3) is 21.9 Å². The van der Waals surface area contributed by atoms with Gasteiger partial charge >= 0.3 is 0 Å². The molecule has 0 saturated heterocycles. The molecule has 0 aromatic heterocycles. The summed E-state index contributed by atoms with van der Waals surface area (Å²) in [6.45, 7) is 2.03. The molecule has 25 heavy (non-hydrogen) atoms. The van der Waals surface area contributed by atoms with Crippen LogP contribution in [0.2, 0.25) is 0 Å². The fourth-order valence-electron chi connectivity index (χ4n) is 2.87. The average molecular weight is 350 g/mol. The standard InChI is InChI=1S/C20H15F5/c1-2-3-4-11-5-6-14(15(21)7-11)12-8-13-10-17(23)19(24)20(25)18(13)16(22)9-12/h5-10H,2-4H2,1H3. The van der Waals surface area contributed by atoms with Crippen molar-refractivity contribution < 1.29 is 22.0 Å². The summed E-state index contributed by atoms with van der Waals surface area (Å²) >= 11 is 0. The van der Waals surface area contributed by atoms with Crippen molar-refractivity contribution in [3.8, 4) is 11.1 Å². The molecule has 3 aromatic carbocycles. The fraction of sp³-hybridized carbons (Fsp3) is 0.200. The fourth-order valence-corrected chi connectivity index (χ4v) is 2.87. The van der Waals surface area contributed by atoms with Crippen molar-refractivity contribution in [2.45, 2.75) is 26.2 Å². The summed E-state index contributed by atoms with van der Waals surface area (Å²) in [6, 6.07) is 7.49. The van der Waals surface area contributed by atoms with Crippen molar-refractivity contribution in [1.82, 2.24) is 0 Å². The third-order valence-corrected chi connectivity index (χ3v) is 4.19. The lowest BCUT2D eigenvalue weighted by atomic mass is 9.97. The summed E-state index contributed by atoms with van der Waals surface area (Å²) in [4.78, 5) is 0. The molecule has 130 valence electrons. The van der Waals surface area contributed by atoms with Crippen LogP contribution >= 0.6 is 0 Å². The van der Waals surface area contributed by atoms with Crippen molar-refractivity contribution >= 4 is 10.8 Å². The van der Waals surface area contributed by atoms with Gasteiger partial charge in [-0.15, -0.1) is 0 Å². The highest BCUT2D eigenvalue weighted by molar-refractivity contribution is 5.88. The molecule has 0 aliphatic rings. The molecule has 3 rings (SSSR count). The predicted octanol–water partition coefficient (Wildman–Crippen LogP) is 6.54. The maximum absolute atomic E-state index is 14.4. The van der Waals surface area contributed by atoms with Crippen LogP contribution in [0.3, 0.4) is 0 Å². The van der Waals surface area contributed by atoms with Gasteiger partial charge in [0.05, 0.1) is 5.39 Å². The first-order valence-electron chi connectivity index (χ1n) is 7.98. The van der Waals surface area contributed by atoms with Gasteiger partial charge in [0.15, 0.2) is 17.5 Å². The number of halogens is 5. The summed E-state index contributed by atoms with van der Waals surface area (Å²) in [6.07, 6.45) is 2.63. The van der Waals surface area contributed by atoms with Gasteiger partial charge in [0, 0.05) is 5.56 Å². The van der Waals surface area contributed by atoms with E-state index in [9.17, 15) is 22.0 Å². The zero-order valence-corrected chi connectivity index (χ0v) is 13.5. The molecule has 0 atom stereocenters. The van der Waals surface area contributed by atoms with Gasteiger partial charge < -0.3 is 0 Å². The Bertz CT molecular complexity index is 947. The Labute approximate surface area is 141 Å². The highest BCUT2D eigenvalue weighted by Gasteiger charge is 2.18. The first kappa shape index (κ1) is 17.4. The SMILES string of the molecule is CCCCc1ccc(-c2cc(F)c3c(F)c(F)c(F)cc3c2)c(F)c1. The summed E-state index contributed by atoms with van der Waals surface area (Å²) in [5.41, 5.74) is 1.07. The second kappa shape index (κ2) is 6.82. The van der Waals surface area contributed by atoms with E-state index in [0.717, 1.165) is 30.9 Å². The van der Waals surface area contributed by atoms with E-state index in [1.807, 2.05) is 6.92 Å². The summed E-state index contributed by atoms with van der Waals surface area (Å²) in [7, 11) is 0. The van der Waals surface area contributed by atoms with Gasteiger partial charge in [0.25, 0.3) is 0 Å². The molecule has 0 aliphatic carbocycles. The molecule has 0 bridgehead atoms. The first-order valence-corrected chi connectivity index (χ1v) is 7.98. The minimum absolute atomic E-state index is 0.117. The van der Waals surface area contributed by atoms with Gasteiger partial charge in [-0.1, -0.05) is 25.5 Å². The Balaban J connectivity index is 2.12. The van der Waals surface area contributed by atoms with Crippen molar-refractivity contribution in [3.63, 3.8) is 0 Å². The highest BCUT2D eigenvalue weighted by Crippen LogP contribution is 2.32. The first-order chi connectivity index (χ1) is 11.9. The van der Waals surface area contributed by atoms with E-state index in [1.165, 1.54) is 18.2 Å². The lowest BCUT2D eigenvalue weighted by molar-refractivity contribution is 0.451. The highest BCUT2D eigenvalue weighted by atomic mass is 19.2. The maximum Gasteiger partial charge on any atom is 0.195 e. The van der Waals surface area contributed by atoms with E-state index in [1.54, 1.807) is 6.07 Å². The third kappa shape index (κ3) is 3.23. The lowest BCUT2D eigenvalue weighted by Gasteiger charge is -2.10. The van der Waals surface area contributed by atoms with Gasteiger partial charge in [0.2, 0.25) is 0 Å². The molecule has 0 N–H and O–H groups in total. The maximum atomic E-state index is 14.4. The zero-order chi connectivity index (χ0) is 18.1. The van der Waals surface area contributed by atoms with Gasteiger partial charge in [-0.2, -0.15) is 0 Å². The Morgan fingerprint density at radius 1 is 0.760 bits per heavy atom. The second-order valence-electron chi connectivity index (χ2n) is 5.96. The van der Waals surface area contributed by atoms with E-state index >= 15 is 0 Å². The molecule has 0 heterocycles. The van der Waals surface area contributed by atoms with E-state index in [4.69, 9.17) is 0 Å². The quantitative estimate of drug-likeness (QED) is 0.370. The zero-order valence-electron chi connectivity index (χ0n) is 13.5. The van der Waals surface area contributed by atoms with Crippen LogP contribution in [0, 0.1) is 29.1 Å². The predicted molar refractivity (Wildman–Crippen MR) is 87.8 cm³/mol. The van der Waals surface area contributed by atoms with Gasteiger partial charge in [0.1, 0.15) is 11.6 Å². The summed E-state index contributed by atoms with van der Waals surface area (Å²) in [5.74, 6) is -6.36. The van der Waals surface area contributed by atoms with Crippen LogP contribution in [0.4, 0.5) is 22.0 Å². The topological polar surface area (TPSA) is 0 Å². The molecule has 0 nitrogen and oxygen atoms in total. The van der Waals surface area contributed by atoms with Crippen LogP contribution < -0.4 is 0 Å². The van der Waals surface area contributed by atoms with E-state index in [-0.39, 0.29) is 16.5 Å². The minimum atomic E-state index is -1.73. The molecule has 0 spiro atoms. The number of fused-ring (bicyclic) bond motifs is 1. The van der Waals surface area contributed by atoms with Crippen molar-refractivity contribution in [2.24, 2.45) is 0 Å². The van der Waals surface area contributed by atoms with Crippen LogP contribution in [0.1, 0.15) is 25.3 Å². The molecule has 0 amide bonds. The number of benzene rings is 3. The monoisotopic (exact) mass is 350 g/mol.